The molecule has 1 atom stereocenters. The number of esters is 1. The van der Waals surface area contributed by atoms with E-state index in [2.05, 4.69) is 74.6 Å². The Morgan fingerprint density at radius 3 is 1.44 bits per heavy atom. The van der Waals surface area contributed by atoms with Crippen LogP contribution in [0.25, 0.3) is 0 Å². The molecule has 0 bridgehead atoms. The van der Waals surface area contributed by atoms with Crippen molar-refractivity contribution in [1.82, 2.24) is 0 Å². The maximum atomic E-state index is 12.6. The molecule has 0 radical (unpaired) electrons. The van der Waals surface area contributed by atoms with E-state index in [1.807, 2.05) is 0 Å². The van der Waals surface area contributed by atoms with Crippen molar-refractivity contribution in [2.75, 3.05) is 0 Å². The Balaban J connectivity index is 3.90. The van der Waals surface area contributed by atoms with Gasteiger partial charge in [0.2, 0.25) is 0 Å². The maximum Gasteiger partial charge on any atom is 0.306 e. The average Bonchev–Trinajstić information content (AvgIpc) is 3.02. The first-order chi connectivity index (χ1) is 22.1. The highest BCUT2D eigenvalue weighted by Gasteiger charge is 2.14. The lowest BCUT2D eigenvalue weighted by atomic mass is 10.0. The lowest BCUT2D eigenvalue weighted by Gasteiger charge is -2.18. The SMILES string of the molecule is CC/C=C\C/C=C\C/C=C\C/C=C\C/C=C\CCCCCCCC(=O)OC(CCCCCCC)CCCCCCCCC(=O)O. The number of carboxylic acid groups (broad SMARTS) is 1. The van der Waals surface area contributed by atoms with Gasteiger partial charge in [-0.15, -0.1) is 0 Å². The summed E-state index contributed by atoms with van der Waals surface area (Å²) in [6.07, 6.45) is 49.6. The van der Waals surface area contributed by atoms with Gasteiger partial charge in [-0.2, -0.15) is 0 Å². The van der Waals surface area contributed by atoms with Gasteiger partial charge in [0.1, 0.15) is 6.10 Å². The van der Waals surface area contributed by atoms with Crippen molar-refractivity contribution in [2.24, 2.45) is 0 Å². The highest BCUT2D eigenvalue weighted by atomic mass is 16.5. The summed E-state index contributed by atoms with van der Waals surface area (Å²) >= 11 is 0. The second kappa shape index (κ2) is 36.1. The third-order valence-corrected chi connectivity index (χ3v) is 8.00. The molecule has 0 saturated carbocycles. The summed E-state index contributed by atoms with van der Waals surface area (Å²) in [7, 11) is 0. The quantitative estimate of drug-likeness (QED) is 0.0447. The lowest BCUT2D eigenvalue weighted by Crippen LogP contribution is -2.18. The number of ether oxygens (including phenoxy) is 1. The summed E-state index contributed by atoms with van der Waals surface area (Å²) in [5, 5.41) is 8.75. The number of unbranched alkanes of at least 4 members (excludes halogenated alkanes) is 14. The Labute approximate surface area is 278 Å². The zero-order valence-electron chi connectivity index (χ0n) is 29.4. The molecule has 0 rings (SSSR count). The van der Waals surface area contributed by atoms with Gasteiger partial charge in [0.05, 0.1) is 0 Å². The molecule has 258 valence electrons. The monoisotopic (exact) mass is 627 g/mol. The van der Waals surface area contributed by atoms with Gasteiger partial charge in [-0.3, -0.25) is 9.59 Å². The van der Waals surface area contributed by atoms with Crippen molar-refractivity contribution in [3.63, 3.8) is 0 Å². The fraction of sp³-hybridized carbons (Fsp3) is 0.707. The van der Waals surface area contributed by atoms with Crippen LogP contribution in [-0.2, 0) is 14.3 Å². The number of hydrogen-bond acceptors (Lipinski definition) is 3. The number of carbonyl (C=O) groups excluding carboxylic acids is 1. The predicted molar refractivity (Wildman–Crippen MR) is 195 cm³/mol. The molecule has 1 unspecified atom stereocenters. The van der Waals surface area contributed by atoms with E-state index in [9.17, 15) is 9.59 Å². The molecule has 0 aromatic carbocycles. The van der Waals surface area contributed by atoms with Crippen LogP contribution in [0.5, 0.6) is 0 Å². The van der Waals surface area contributed by atoms with E-state index in [1.165, 1.54) is 44.9 Å². The largest absolute Gasteiger partial charge is 0.481 e. The number of carbonyl (C=O) groups is 2. The molecule has 4 nitrogen and oxygen atoms in total. The van der Waals surface area contributed by atoms with Gasteiger partial charge >= 0.3 is 11.9 Å². The summed E-state index contributed by atoms with van der Waals surface area (Å²) in [5.41, 5.74) is 0. The first-order valence-corrected chi connectivity index (χ1v) is 18.8. The van der Waals surface area contributed by atoms with Crippen LogP contribution in [0.4, 0.5) is 0 Å². The molecular weight excluding hydrogens is 556 g/mol. The third kappa shape index (κ3) is 36.0. The van der Waals surface area contributed by atoms with Crippen LogP contribution in [0, 0.1) is 0 Å². The Kier molecular flexibility index (Phi) is 34.2. The van der Waals surface area contributed by atoms with Gasteiger partial charge in [-0.25, -0.2) is 0 Å². The standard InChI is InChI=1S/C41H70O4/c1-3-5-7-9-10-11-12-13-14-15-16-17-18-19-20-21-22-23-24-30-34-38-41(44)45-39(35-31-27-8-6-4-2)36-32-28-25-26-29-33-37-40(42)43/h5,7,10-11,13-14,16-17,19-20,39H,3-4,6,8-9,12,15,18,21-38H2,1-2H3,(H,42,43)/b7-5-,11-10-,14-13-,17-16-,20-19-. The van der Waals surface area contributed by atoms with Crippen LogP contribution >= 0.6 is 0 Å². The van der Waals surface area contributed by atoms with E-state index < -0.39 is 5.97 Å². The van der Waals surface area contributed by atoms with Crippen molar-refractivity contribution in [1.29, 1.82) is 0 Å². The molecule has 0 aliphatic rings. The zero-order chi connectivity index (χ0) is 32.9. The highest BCUT2D eigenvalue weighted by molar-refractivity contribution is 5.69. The maximum absolute atomic E-state index is 12.6. The molecule has 0 aliphatic carbocycles. The summed E-state index contributed by atoms with van der Waals surface area (Å²) < 4.78 is 5.95. The van der Waals surface area contributed by atoms with Crippen LogP contribution in [0.2, 0.25) is 0 Å². The summed E-state index contributed by atoms with van der Waals surface area (Å²) in [6, 6.07) is 0. The fourth-order valence-corrected chi connectivity index (χ4v) is 5.27. The minimum atomic E-state index is -0.698. The molecule has 0 fully saturated rings. The van der Waals surface area contributed by atoms with Crippen LogP contribution in [0.1, 0.15) is 181 Å². The first kappa shape index (κ1) is 42.6. The summed E-state index contributed by atoms with van der Waals surface area (Å²) in [5.74, 6) is -0.711. The fourth-order valence-electron chi connectivity index (χ4n) is 5.27. The van der Waals surface area contributed by atoms with Crippen LogP contribution < -0.4 is 0 Å². The number of allylic oxidation sites excluding steroid dienone is 10. The topological polar surface area (TPSA) is 63.6 Å². The summed E-state index contributed by atoms with van der Waals surface area (Å²) in [4.78, 5) is 23.2. The van der Waals surface area contributed by atoms with E-state index in [-0.39, 0.29) is 18.5 Å². The number of carboxylic acids is 1. The molecule has 45 heavy (non-hydrogen) atoms. The van der Waals surface area contributed by atoms with Gasteiger partial charge < -0.3 is 9.84 Å². The molecule has 0 aromatic heterocycles. The Morgan fingerprint density at radius 1 is 0.511 bits per heavy atom. The molecule has 0 amide bonds. The molecule has 0 heterocycles. The van der Waals surface area contributed by atoms with Gasteiger partial charge in [-0.1, -0.05) is 145 Å². The van der Waals surface area contributed by atoms with Gasteiger partial charge in [0.25, 0.3) is 0 Å². The van der Waals surface area contributed by atoms with E-state index in [1.54, 1.807) is 0 Å². The van der Waals surface area contributed by atoms with E-state index in [0.717, 1.165) is 109 Å². The molecule has 0 aliphatic heterocycles. The van der Waals surface area contributed by atoms with Crippen molar-refractivity contribution in [3.05, 3.63) is 60.8 Å². The zero-order valence-corrected chi connectivity index (χ0v) is 29.4. The van der Waals surface area contributed by atoms with Crippen molar-refractivity contribution >= 4 is 11.9 Å². The second-order valence-corrected chi connectivity index (χ2v) is 12.4. The molecule has 1 N–H and O–H groups in total. The van der Waals surface area contributed by atoms with E-state index in [0.29, 0.717) is 6.42 Å². The summed E-state index contributed by atoms with van der Waals surface area (Å²) in [6.45, 7) is 4.40. The van der Waals surface area contributed by atoms with Crippen molar-refractivity contribution < 1.29 is 19.4 Å². The smallest absolute Gasteiger partial charge is 0.306 e. The van der Waals surface area contributed by atoms with Crippen LogP contribution in [0.3, 0.4) is 0 Å². The van der Waals surface area contributed by atoms with Crippen LogP contribution in [0.15, 0.2) is 60.8 Å². The predicted octanol–water partition coefficient (Wildman–Crippen LogP) is 12.9. The average molecular weight is 627 g/mol. The molecule has 0 spiro atoms. The normalized spacial score (nSPS) is 12.9. The molecular formula is C41H70O4. The number of aliphatic carboxylic acids is 1. The third-order valence-electron chi connectivity index (χ3n) is 8.00. The molecule has 0 saturated heterocycles. The van der Waals surface area contributed by atoms with E-state index >= 15 is 0 Å². The highest BCUT2D eigenvalue weighted by Crippen LogP contribution is 2.18. The number of rotatable bonds is 33. The minimum Gasteiger partial charge on any atom is -0.481 e. The van der Waals surface area contributed by atoms with Gasteiger partial charge in [0, 0.05) is 12.8 Å². The minimum absolute atomic E-state index is 0.0130. The van der Waals surface area contributed by atoms with Gasteiger partial charge in [0.15, 0.2) is 0 Å². The Bertz CT molecular complexity index is 804. The second-order valence-electron chi connectivity index (χ2n) is 12.4. The van der Waals surface area contributed by atoms with E-state index in [4.69, 9.17) is 9.84 Å². The molecule has 4 heteroatoms. The van der Waals surface area contributed by atoms with Crippen molar-refractivity contribution in [2.45, 2.75) is 187 Å². The first-order valence-electron chi connectivity index (χ1n) is 18.8. The van der Waals surface area contributed by atoms with Crippen LogP contribution in [-0.4, -0.2) is 23.1 Å². The van der Waals surface area contributed by atoms with Crippen molar-refractivity contribution in [3.8, 4) is 0 Å². The van der Waals surface area contributed by atoms with Gasteiger partial charge in [-0.05, 0) is 83.5 Å². The number of hydrogen-bond donors (Lipinski definition) is 1. The Hall–Kier alpha value is -2.36. The Morgan fingerprint density at radius 2 is 0.933 bits per heavy atom. The lowest BCUT2D eigenvalue weighted by molar-refractivity contribution is -0.150. The molecule has 0 aromatic rings.